The number of pyridine rings is 1. The second-order valence-electron chi connectivity index (χ2n) is 4.57. The zero-order chi connectivity index (χ0) is 13.0. The van der Waals surface area contributed by atoms with Gasteiger partial charge in [-0.1, -0.05) is 6.92 Å². The molecular weight excluding hydrogens is 224 g/mol. The lowest BCUT2D eigenvalue weighted by atomic mass is 9.99. The first kappa shape index (κ1) is 12.8. The molecule has 1 unspecified atom stereocenters. The Hall–Kier alpha value is -1.68. The molecule has 1 N–H and O–H groups in total. The lowest BCUT2D eigenvalue weighted by Gasteiger charge is -2.19. The van der Waals surface area contributed by atoms with Gasteiger partial charge in [0.2, 0.25) is 0 Å². The average Bonchev–Trinajstić information content (AvgIpc) is 2.78. The minimum atomic E-state index is 0.196. The Balaban J connectivity index is 2.33. The van der Waals surface area contributed by atoms with E-state index in [0.717, 1.165) is 13.0 Å². The highest BCUT2D eigenvalue weighted by molar-refractivity contribution is 5.33. The Morgan fingerprint density at radius 3 is 2.83 bits per heavy atom. The van der Waals surface area contributed by atoms with E-state index in [4.69, 9.17) is 0 Å². The number of nitrogens with one attached hydrogen (secondary N) is 1. The van der Waals surface area contributed by atoms with Crippen molar-refractivity contribution in [3.8, 4) is 0 Å². The number of hydrogen-bond donors (Lipinski definition) is 1. The molecule has 0 amide bonds. The van der Waals surface area contributed by atoms with Crippen LogP contribution in [-0.2, 0) is 7.05 Å². The standard InChI is InChI=1S/C14H20N4/c1-4-6-16-14(12-9-17-18(3)10-12)13-5-7-15-8-11(13)2/h5,7-10,14,16H,4,6H2,1-3H3. The topological polar surface area (TPSA) is 42.7 Å². The van der Waals surface area contributed by atoms with Gasteiger partial charge in [-0.2, -0.15) is 5.10 Å². The molecule has 1 atom stereocenters. The van der Waals surface area contributed by atoms with Gasteiger partial charge in [0.05, 0.1) is 12.2 Å². The maximum Gasteiger partial charge on any atom is 0.0611 e. The summed E-state index contributed by atoms with van der Waals surface area (Å²) in [4.78, 5) is 4.16. The predicted octanol–water partition coefficient (Wildman–Crippen LogP) is 2.21. The van der Waals surface area contributed by atoms with Crippen molar-refractivity contribution in [2.24, 2.45) is 7.05 Å². The summed E-state index contributed by atoms with van der Waals surface area (Å²) in [6.07, 6.45) is 8.85. The van der Waals surface area contributed by atoms with Crippen LogP contribution in [-0.4, -0.2) is 21.3 Å². The molecule has 0 radical (unpaired) electrons. The normalized spacial score (nSPS) is 12.6. The van der Waals surface area contributed by atoms with E-state index in [1.165, 1.54) is 16.7 Å². The Morgan fingerprint density at radius 2 is 2.22 bits per heavy atom. The minimum Gasteiger partial charge on any atom is -0.306 e. The molecule has 2 aromatic rings. The van der Waals surface area contributed by atoms with E-state index in [-0.39, 0.29) is 6.04 Å². The zero-order valence-electron chi connectivity index (χ0n) is 11.2. The second-order valence-corrected chi connectivity index (χ2v) is 4.57. The molecule has 0 bridgehead atoms. The van der Waals surface area contributed by atoms with Crippen LogP contribution in [0.5, 0.6) is 0 Å². The maximum absolute atomic E-state index is 4.26. The van der Waals surface area contributed by atoms with Gasteiger partial charge < -0.3 is 5.32 Å². The molecule has 2 rings (SSSR count). The predicted molar refractivity (Wildman–Crippen MR) is 72.3 cm³/mol. The van der Waals surface area contributed by atoms with E-state index in [1.807, 2.05) is 30.3 Å². The minimum absolute atomic E-state index is 0.196. The molecule has 4 heteroatoms. The van der Waals surface area contributed by atoms with Gasteiger partial charge >= 0.3 is 0 Å². The fourth-order valence-corrected chi connectivity index (χ4v) is 2.09. The average molecular weight is 244 g/mol. The Labute approximate surface area is 108 Å². The third-order valence-corrected chi connectivity index (χ3v) is 3.03. The van der Waals surface area contributed by atoms with Crippen molar-refractivity contribution in [3.63, 3.8) is 0 Å². The van der Waals surface area contributed by atoms with E-state index in [0.29, 0.717) is 0 Å². The van der Waals surface area contributed by atoms with Crippen LogP contribution in [0.15, 0.2) is 30.9 Å². The molecule has 18 heavy (non-hydrogen) atoms. The van der Waals surface area contributed by atoms with Crippen molar-refractivity contribution in [1.82, 2.24) is 20.1 Å². The van der Waals surface area contributed by atoms with Gasteiger partial charge in [0.25, 0.3) is 0 Å². The first-order valence-electron chi connectivity index (χ1n) is 6.34. The molecule has 0 saturated heterocycles. The summed E-state index contributed by atoms with van der Waals surface area (Å²) in [5.41, 5.74) is 3.67. The van der Waals surface area contributed by atoms with Crippen molar-refractivity contribution in [2.45, 2.75) is 26.3 Å². The summed E-state index contributed by atoms with van der Waals surface area (Å²) in [5.74, 6) is 0. The smallest absolute Gasteiger partial charge is 0.0611 e. The fraction of sp³-hybridized carbons (Fsp3) is 0.429. The number of aryl methyl sites for hydroxylation is 2. The number of hydrogen-bond acceptors (Lipinski definition) is 3. The highest BCUT2D eigenvalue weighted by Crippen LogP contribution is 2.23. The number of aromatic nitrogens is 3. The summed E-state index contributed by atoms with van der Waals surface area (Å²) in [5, 5.41) is 7.84. The van der Waals surface area contributed by atoms with Gasteiger partial charge in [0, 0.05) is 31.2 Å². The molecule has 0 aliphatic carbocycles. The van der Waals surface area contributed by atoms with Crippen LogP contribution in [0, 0.1) is 6.92 Å². The third kappa shape index (κ3) is 2.76. The maximum atomic E-state index is 4.26. The van der Waals surface area contributed by atoms with Crippen molar-refractivity contribution in [2.75, 3.05) is 6.54 Å². The van der Waals surface area contributed by atoms with Crippen LogP contribution < -0.4 is 5.32 Å². The summed E-state index contributed by atoms with van der Waals surface area (Å²) < 4.78 is 1.84. The summed E-state index contributed by atoms with van der Waals surface area (Å²) in [6, 6.07) is 2.27. The molecule has 0 aliphatic heterocycles. The zero-order valence-corrected chi connectivity index (χ0v) is 11.2. The second kappa shape index (κ2) is 5.78. The van der Waals surface area contributed by atoms with E-state index in [1.54, 1.807) is 0 Å². The quantitative estimate of drug-likeness (QED) is 0.877. The van der Waals surface area contributed by atoms with Gasteiger partial charge in [0.15, 0.2) is 0 Å². The first-order chi connectivity index (χ1) is 8.72. The molecule has 96 valence electrons. The van der Waals surface area contributed by atoms with Gasteiger partial charge in [-0.05, 0) is 37.1 Å². The largest absolute Gasteiger partial charge is 0.306 e. The van der Waals surface area contributed by atoms with Crippen LogP contribution >= 0.6 is 0 Å². The summed E-state index contributed by atoms with van der Waals surface area (Å²) in [7, 11) is 1.94. The van der Waals surface area contributed by atoms with Crippen LogP contribution in [0.1, 0.15) is 36.1 Å². The van der Waals surface area contributed by atoms with E-state index in [9.17, 15) is 0 Å². The SMILES string of the molecule is CCCNC(c1cnn(C)c1)c1ccncc1C. The molecule has 4 nitrogen and oxygen atoms in total. The summed E-state index contributed by atoms with van der Waals surface area (Å²) in [6.45, 7) is 5.26. The van der Waals surface area contributed by atoms with Crippen LogP contribution in [0.2, 0.25) is 0 Å². The fourth-order valence-electron chi connectivity index (χ4n) is 2.09. The van der Waals surface area contributed by atoms with Gasteiger partial charge in [0.1, 0.15) is 0 Å². The molecule has 0 spiro atoms. The van der Waals surface area contributed by atoms with Gasteiger partial charge in [-0.25, -0.2) is 0 Å². The van der Waals surface area contributed by atoms with E-state index >= 15 is 0 Å². The third-order valence-electron chi connectivity index (χ3n) is 3.03. The van der Waals surface area contributed by atoms with E-state index in [2.05, 4.69) is 41.5 Å². The highest BCUT2D eigenvalue weighted by Gasteiger charge is 2.16. The number of rotatable bonds is 5. The summed E-state index contributed by atoms with van der Waals surface area (Å²) >= 11 is 0. The van der Waals surface area contributed by atoms with Crippen molar-refractivity contribution in [1.29, 1.82) is 0 Å². The van der Waals surface area contributed by atoms with Crippen LogP contribution in [0.3, 0.4) is 0 Å². The first-order valence-corrected chi connectivity index (χ1v) is 6.34. The van der Waals surface area contributed by atoms with Crippen LogP contribution in [0.25, 0.3) is 0 Å². The molecular formula is C14H20N4. The Kier molecular flexibility index (Phi) is 4.10. The molecule has 0 aliphatic rings. The molecule has 0 aromatic carbocycles. The Morgan fingerprint density at radius 1 is 1.39 bits per heavy atom. The van der Waals surface area contributed by atoms with E-state index < -0.39 is 0 Å². The lowest BCUT2D eigenvalue weighted by Crippen LogP contribution is -2.23. The van der Waals surface area contributed by atoms with Gasteiger partial charge in [-0.3, -0.25) is 9.67 Å². The van der Waals surface area contributed by atoms with Crippen LogP contribution in [0.4, 0.5) is 0 Å². The van der Waals surface area contributed by atoms with Gasteiger partial charge in [-0.15, -0.1) is 0 Å². The van der Waals surface area contributed by atoms with Crippen molar-refractivity contribution >= 4 is 0 Å². The molecule has 0 fully saturated rings. The molecule has 2 heterocycles. The number of nitrogens with zero attached hydrogens (tertiary/aromatic N) is 3. The van der Waals surface area contributed by atoms with Crippen molar-refractivity contribution < 1.29 is 0 Å². The lowest BCUT2D eigenvalue weighted by molar-refractivity contribution is 0.595. The monoisotopic (exact) mass is 244 g/mol. The Bertz CT molecular complexity index is 504. The molecule has 2 aromatic heterocycles. The van der Waals surface area contributed by atoms with Crippen molar-refractivity contribution in [3.05, 3.63) is 47.5 Å². The highest BCUT2D eigenvalue weighted by atomic mass is 15.2. The molecule has 0 saturated carbocycles.